The van der Waals surface area contributed by atoms with E-state index in [4.69, 9.17) is 11.6 Å². The number of halogens is 2. The highest BCUT2D eigenvalue weighted by molar-refractivity contribution is 6.35. The standard InChI is InChI=1S/C10H9ClFN/c11-9-3-1-2-8-4-6-13(7-5-12)10(8)9/h1-4,6H,5,7H2. The van der Waals surface area contributed by atoms with E-state index in [1.165, 1.54) is 0 Å². The van der Waals surface area contributed by atoms with Crippen LogP contribution in [0.2, 0.25) is 5.02 Å². The van der Waals surface area contributed by atoms with Gasteiger partial charge < -0.3 is 4.57 Å². The quantitative estimate of drug-likeness (QED) is 0.697. The van der Waals surface area contributed by atoms with Crippen molar-refractivity contribution in [1.29, 1.82) is 0 Å². The molecule has 0 spiro atoms. The molecule has 0 aliphatic heterocycles. The van der Waals surface area contributed by atoms with Crippen molar-refractivity contribution in [1.82, 2.24) is 4.57 Å². The summed E-state index contributed by atoms with van der Waals surface area (Å²) in [4.78, 5) is 0. The summed E-state index contributed by atoms with van der Waals surface area (Å²) in [7, 11) is 0. The predicted molar refractivity (Wildman–Crippen MR) is 52.9 cm³/mol. The van der Waals surface area contributed by atoms with Crippen LogP contribution >= 0.6 is 11.6 Å². The SMILES string of the molecule is FCCn1ccc2cccc(Cl)c21. The fourth-order valence-corrected chi connectivity index (χ4v) is 1.78. The Hall–Kier alpha value is -1.02. The zero-order valence-corrected chi connectivity index (χ0v) is 7.76. The second kappa shape index (κ2) is 3.38. The third-order valence-corrected chi connectivity index (χ3v) is 2.37. The van der Waals surface area contributed by atoms with Crippen LogP contribution in [0.5, 0.6) is 0 Å². The number of para-hydroxylation sites is 1. The van der Waals surface area contributed by atoms with Crippen molar-refractivity contribution >= 4 is 22.5 Å². The molecule has 0 fully saturated rings. The molecule has 1 aromatic heterocycles. The number of alkyl halides is 1. The van der Waals surface area contributed by atoms with Gasteiger partial charge in [-0.3, -0.25) is 0 Å². The smallest absolute Gasteiger partial charge is 0.107 e. The Morgan fingerprint density at radius 2 is 2.15 bits per heavy atom. The number of fused-ring (bicyclic) bond motifs is 1. The average molecular weight is 198 g/mol. The second-order valence-electron chi connectivity index (χ2n) is 2.88. The summed E-state index contributed by atoms with van der Waals surface area (Å²) in [5, 5.41) is 1.73. The largest absolute Gasteiger partial charge is 0.344 e. The molecule has 3 heteroatoms. The molecule has 0 unspecified atom stereocenters. The highest BCUT2D eigenvalue weighted by Gasteiger charge is 2.03. The number of benzene rings is 1. The van der Waals surface area contributed by atoms with E-state index in [-0.39, 0.29) is 6.67 Å². The topological polar surface area (TPSA) is 4.93 Å². The highest BCUT2D eigenvalue weighted by Crippen LogP contribution is 2.24. The maximum absolute atomic E-state index is 12.2. The molecule has 0 aliphatic rings. The molecular formula is C10H9ClFN. The first-order valence-corrected chi connectivity index (χ1v) is 4.50. The molecule has 0 bridgehead atoms. The minimum absolute atomic E-state index is 0.366. The van der Waals surface area contributed by atoms with Crippen LogP contribution in [0.15, 0.2) is 30.5 Å². The average Bonchev–Trinajstić information content (AvgIpc) is 2.51. The summed E-state index contributed by atoms with van der Waals surface area (Å²) < 4.78 is 14.0. The molecule has 0 amide bonds. The van der Waals surface area contributed by atoms with Crippen molar-refractivity contribution < 1.29 is 4.39 Å². The molecule has 1 nitrogen and oxygen atoms in total. The Balaban J connectivity index is 2.64. The van der Waals surface area contributed by atoms with Gasteiger partial charge in [0.1, 0.15) is 6.67 Å². The van der Waals surface area contributed by atoms with Gasteiger partial charge in [0, 0.05) is 11.6 Å². The number of aryl methyl sites for hydroxylation is 1. The summed E-state index contributed by atoms with van der Waals surface area (Å²) in [6, 6.07) is 7.62. The summed E-state index contributed by atoms with van der Waals surface area (Å²) in [6.45, 7) is 0.00222. The van der Waals surface area contributed by atoms with Crippen molar-refractivity contribution in [2.24, 2.45) is 0 Å². The van der Waals surface area contributed by atoms with Crippen LogP contribution in [0.1, 0.15) is 0 Å². The van der Waals surface area contributed by atoms with Gasteiger partial charge in [0.2, 0.25) is 0 Å². The van der Waals surface area contributed by atoms with Crippen LogP contribution < -0.4 is 0 Å². The van der Waals surface area contributed by atoms with E-state index in [1.807, 2.05) is 35.0 Å². The van der Waals surface area contributed by atoms with Crippen molar-refractivity contribution in [3.05, 3.63) is 35.5 Å². The Kier molecular flexibility index (Phi) is 2.23. The molecular weight excluding hydrogens is 189 g/mol. The first-order valence-electron chi connectivity index (χ1n) is 4.12. The van der Waals surface area contributed by atoms with Crippen LogP contribution in [0.25, 0.3) is 10.9 Å². The van der Waals surface area contributed by atoms with Crippen LogP contribution in [0, 0.1) is 0 Å². The van der Waals surface area contributed by atoms with Crippen LogP contribution in [-0.2, 0) is 6.54 Å². The van der Waals surface area contributed by atoms with Gasteiger partial charge in [-0.25, -0.2) is 4.39 Å². The lowest BCUT2D eigenvalue weighted by molar-refractivity contribution is 0.451. The minimum Gasteiger partial charge on any atom is -0.344 e. The molecule has 0 N–H and O–H groups in total. The second-order valence-corrected chi connectivity index (χ2v) is 3.28. The number of aromatic nitrogens is 1. The van der Waals surface area contributed by atoms with Gasteiger partial charge in [-0.05, 0) is 12.1 Å². The number of hydrogen-bond acceptors (Lipinski definition) is 0. The van der Waals surface area contributed by atoms with Gasteiger partial charge in [0.15, 0.2) is 0 Å². The molecule has 1 heterocycles. The summed E-state index contributed by atoms with van der Waals surface area (Å²) in [5.74, 6) is 0. The third kappa shape index (κ3) is 1.42. The zero-order chi connectivity index (χ0) is 9.26. The van der Waals surface area contributed by atoms with E-state index in [0.29, 0.717) is 11.6 Å². The normalized spacial score (nSPS) is 10.9. The molecule has 0 aliphatic carbocycles. The van der Waals surface area contributed by atoms with E-state index >= 15 is 0 Å². The lowest BCUT2D eigenvalue weighted by atomic mass is 10.2. The number of nitrogens with zero attached hydrogens (tertiary/aromatic N) is 1. The summed E-state index contributed by atoms with van der Waals surface area (Å²) in [6.07, 6.45) is 1.86. The van der Waals surface area contributed by atoms with Crippen molar-refractivity contribution in [2.75, 3.05) is 6.67 Å². The van der Waals surface area contributed by atoms with Gasteiger partial charge in [-0.1, -0.05) is 23.7 Å². The molecule has 2 aromatic rings. The minimum atomic E-state index is -0.366. The maximum atomic E-state index is 12.2. The van der Waals surface area contributed by atoms with Crippen molar-refractivity contribution in [3.8, 4) is 0 Å². The van der Waals surface area contributed by atoms with Crippen molar-refractivity contribution in [3.63, 3.8) is 0 Å². The Morgan fingerprint density at radius 1 is 1.31 bits per heavy atom. The molecule has 0 saturated carbocycles. The Morgan fingerprint density at radius 3 is 2.92 bits per heavy atom. The fourth-order valence-electron chi connectivity index (χ4n) is 1.49. The van der Waals surface area contributed by atoms with Crippen molar-refractivity contribution in [2.45, 2.75) is 6.54 Å². The third-order valence-electron chi connectivity index (χ3n) is 2.06. The molecule has 0 radical (unpaired) electrons. The van der Waals surface area contributed by atoms with Crippen LogP contribution in [-0.4, -0.2) is 11.2 Å². The zero-order valence-electron chi connectivity index (χ0n) is 7.00. The first kappa shape index (κ1) is 8.57. The summed E-state index contributed by atoms with van der Waals surface area (Å²) in [5.41, 5.74) is 0.918. The Bertz CT molecular complexity index is 422. The van der Waals surface area contributed by atoms with E-state index < -0.39 is 0 Å². The highest BCUT2D eigenvalue weighted by atomic mass is 35.5. The molecule has 0 atom stereocenters. The Labute approximate surface area is 80.7 Å². The van der Waals surface area contributed by atoms with Crippen LogP contribution in [0.3, 0.4) is 0 Å². The molecule has 68 valence electrons. The van der Waals surface area contributed by atoms with Gasteiger partial charge >= 0.3 is 0 Å². The van der Waals surface area contributed by atoms with E-state index in [0.717, 1.165) is 10.9 Å². The number of hydrogen-bond donors (Lipinski definition) is 0. The summed E-state index contributed by atoms with van der Waals surface area (Å²) >= 11 is 6.00. The van der Waals surface area contributed by atoms with E-state index in [9.17, 15) is 4.39 Å². The van der Waals surface area contributed by atoms with E-state index in [1.54, 1.807) is 0 Å². The van der Waals surface area contributed by atoms with Gasteiger partial charge in [0.05, 0.1) is 17.1 Å². The first-order chi connectivity index (χ1) is 6.33. The lowest BCUT2D eigenvalue weighted by Gasteiger charge is -2.02. The monoisotopic (exact) mass is 197 g/mol. The van der Waals surface area contributed by atoms with E-state index in [2.05, 4.69) is 0 Å². The lowest BCUT2D eigenvalue weighted by Crippen LogP contribution is -1.97. The van der Waals surface area contributed by atoms with Gasteiger partial charge in [-0.2, -0.15) is 0 Å². The number of rotatable bonds is 2. The fraction of sp³-hybridized carbons (Fsp3) is 0.200. The van der Waals surface area contributed by atoms with Crippen LogP contribution in [0.4, 0.5) is 4.39 Å². The van der Waals surface area contributed by atoms with Gasteiger partial charge in [-0.15, -0.1) is 0 Å². The van der Waals surface area contributed by atoms with Gasteiger partial charge in [0.25, 0.3) is 0 Å². The molecule has 0 saturated heterocycles. The molecule has 2 rings (SSSR count). The predicted octanol–water partition coefficient (Wildman–Crippen LogP) is 3.26. The maximum Gasteiger partial charge on any atom is 0.107 e. The molecule has 1 aromatic carbocycles. The molecule has 13 heavy (non-hydrogen) atoms.